The van der Waals surface area contributed by atoms with Crippen LogP contribution in [0.1, 0.15) is 109 Å². The number of hydrogen-bond acceptors (Lipinski definition) is 5. The predicted molar refractivity (Wildman–Crippen MR) is 171 cm³/mol. The van der Waals surface area contributed by atoms with E-state index < -0.39 is 5.60 Å². The first-order valence-corrected chi connectivity index (χ1v) is 15.9. The van der Waals surface area contributed by atoms with Crippen molar-refractivity contribution >= 4 is 17.9 Å². The molecular formula is C35H52N4O4. The summed E-state index contributed by atoms with van der Waals surface area (Å²) in [6, 6.07) is 20.5. The molecule has 0 bridgehead atoms. The minimum Gasteiger partial charge on any atom is -0.444 e. The molecule has 0 heterocycles. The fourth-order valence-electron chi connectivity index (χ4n) is 5.67. The van der Waals surface area contributed by atoms with Crippen LogP contribution in [0.4, 0.5) is 4.79 Å². The molecule has 0 saturated heterocycles. The van der Waals surface area contributed by atoms with Crippen LogP contribution < -0.4 is 21.7 Å². The van der Waals surface area contributed by atoms with Crippen LogP contribution in [0.25, 0.3) is 0 Å². The molecule has 8 heteroatoms. The van der Waals surface area contributed by atoms with Gasteiger partial charge in [-0.25, -0.2) is 4.79 Å². The van der Waals surface area contributed by atoms with Crippen molar-refractivity contribution in [3.05, 3.63) is 71.8 Å². The quantitative estimate of drug-likeness (QED) is 0.299. The highest BCUT2D eigenvalue weighted by molar-refractivity contribution is 5.79. The van der Waals surface area contributed by atoms with Crippen LogP contribution in [0.2, 0.25) is 0 Å². The third kappa shape index (κ3) is 12.0. The number of hydrogen-bond donors (Lipinski definition) is 4. The maximum absolute atomic E-state index is 12.5. The Hall–Kier alpha value is -3.39. The highest BCUT2D eigenvalue weighted by Gasteiger charge is 2.29. The highest BCUT2D eigenvalue weighted by atomic mass is 16.6. The molecule has 2 saturated carbocycles. The third-order valence-electron chi connectivity index (χ3n) is 8.28. The summed E-state index contributed by atoms with van der Waals surface area (Å²) in [5.74, 6) is 0.448. The Bertz CT molecular complexity index is 1140. The van der Waals surface area contributed by atoms with Crippen molar-refractivity contribution in [1.29, 1.82) is 0 Å². The Kier molecular flexibility index (Phi) is 13.1. The number of carbonyl (C=O) groups excluding carboxylic acids is 3. The largest absolute Gasteiger partial charge is 0.444 e. The number of nitrogens with one attached hydrogen (secondary N) is 3. The van der Waals surface area contributed by atoms with Gasteiger partial charge in [-0.05, 0) is 97.1 Å². The Morgan fingerprint density at radius 2 is 1.09 bits per heavy atom. The lowest BCUT2D eigenvalue weighted by Crippen LogP contribution is -2.43. The molecule has 8 nitrogen and oxygen atoms in total. The molecule has 0 aromatic heterocycles. The van der Waals surface area contributed by atoms with E-state index in [1.165, 1.54) is 0 Å². The van der Waals surface area contributed by atoms with E-state index in [9.17, 15) is 14.4 Å². The SMILES string of the molecule is C[C@@H](NC(=O)C1CCC(N)CC1)c1ccccc1.C[C@@H](NC(=O)C1CCC(NC(=O)OC(C)(C)C)CC1)c1ccccc1. The minimum absolute atomic E-state index is 0.00584. The summed E-state index contributed by atoms with van der Waals surface area (Å²) in [7, 11) is 0. The van der Waals surface area contributed by atoms with E-state index in [1.807, 2.05) is 95.3 Å². The van der Waals surface area contributed by atoms with Crippen LogP contribution in [-0.4, -0.2) is 35.6 Å². The minimum atomic E-state index is -0.491. The van der Waals surface area contributed by atoms with Crippen LogP contribution in [0.5, 0.6) is 0 Å². The van der Waals surface area contributed by atoms with Gasteiger partial charge in [0.05, 0.1) is 12.1 Å². The molecule has 236 valence electrons. The Morgan fingerprint density at radius 1 is 0.698 bits per heavy atom. The van der Waals surface area contributed by atoms with Gasteiger partial charge in [0.1, 0.15) is 5.60 Å². The second-order valence-electron chi connectivity index (χ2n) is 13.1. The van der Waals surface area contributed by atoms with Crippen molar-refractivity contribution in [2.24, 2.45) is 17.6 Å². The Balaban J connectivity index is 0.000000248. The summed E-state index contributed by atoms with van der Waals surface area (Å²) in [4.78, 5) is 36.4. The fraction of sp³-hybridized carbons (Fsp3) is 0.571. The molecule has 5 N–H and O–H groups in total. The number of carbonyl (C=O) groups is 3. The first-order valence-electron chi connectivity index (χ1n) is 15.9. The van der Waals surface area contributed by atoms with Crippen molar-refractivity contribution in [3.8, 4) is 0 Å². The van der Waals surface area contributed by atoms with Crippen LogP contribution in [0.15, 0.2) is 60.7 Å². The summed E-state index contributed by atoms with van der Waals surface area (Å²) < 4.78 is 5.29. The summed E-state index contributed by atoms with van der Waals surface area (Å²) in [6.45, 7) is 9.58. The van der Waals surface area contributed by atoms with Crippen molar-refractivity contribution < 1.29 is 19.1 Å². The van der Waals surface area contributed by atoms with E-state index >= 15 is 0 Å². The number of benzene rings is 2. The van der Waals surface area contributed by atoms with Crippen molar-refractivity contribution in [1.82, 2.24) is 16.0 Å². The van der Waals surface area contributed by atoms with Gasteiger partial charge < -0.3 is 26.4 Å². The lowest BCUT2D eigenvalue weighted by molar-refractivity contribution is -0.127. The van der Waals surface area contributed by atoms with Crippen molar-refractivity contribution in [2.45, 2.75) is 116 Å². The Labute approximate surface area is 257 Å². The van der Waals surface area contributed by atoms with Gasteiger partial charge >= 0.3 is 6.09 Å². The van der Waals surface area contributed by atoms with E-state index in [1.54, 1.807) is 0 Å². The van der Waals surface area contributed by atoms with E-state index in [0.717, 1.165) is 62.5 Å². The molecule has 2 atom stereocenters. The lowest BCUT2D eigenvalue weighted by Gasteiger charge is -2.30. The molecule has 2 aromatic rings. The first-order chi connectivity index (χ1) is 20.4. The van der Waals surface area contributed by atoms with Crippen LogP contribution in [-0.2, 0) is 14.3 Å². The van der Waals surface area contributed by atoms with Gasteiger partial charge in [0.2, 0.25) is 11.8 Å². The molecule has 0 aliphatic heterocycles. The Morgan fingerprint density at radius 3 is 1.49 bits per heavy atom. The predicted octanol–water partition coefficient (Wildman–Crippen LogP) is 6.33. The topological polar surface area (TPSA) is 123 Å². The average molecular weight is 593 g/mol. The van der Waals surface area contributed by atoms with Gasteiger partial charge in [-0.15, -0.1) is 0 Å². The molecule has 2 aliphatic carbocycles. The molecule has 0 spiro atoms. The lowest BCUT2D eigenvalue weighted by atomic mass is 9.85. The molecule has 2 aromatic carbocycles. The van der Waals surface area contributed by atoms with Gasteiger partial charge in [-0.2, -0.15) is 0 Å². The van der Waals surface area contributed by atoms with E-state index in [2.05, 4.69) is 16.0 Å². The highest BCUT2D eigenvalue weighted by Crippen LogP contribution is 2.26. The number of alkyl carbamates (subject to hydrolysis) is 1. The smallest absolute Gasteiger partial charge is 0.407 e. The number of ether oxygens (including phenoxy) is 1. The van der Waals surface area contributed by atoms with E-state index in [0.29, 0.717) is 6.04 Å². The van der Waals surface area contributed by atoms with Crippen molar-refractivity contribution in [3.63, 3.8) is 0 Å². The summed E-state index contributed by atoms with van der Waals surface area (Å²) in [6.07, 6.45) is 6.59. The number of rotatable bonds is 7. The van der Waals surface area contributed by atoms with Gasteiger partial charge in [0, 0.05) is 23.9 Å². The average Bonchev–Trinajstić information content (AvgIpc) is 2.98. The molecule has 2 aliphatic rings. The molecule has 4 rings (SSSR count). The van der Waals surface area contributed by atoms with Crippen LogP contribution in [0, 0.1) is 11.8 Å². The third-order valence-corrected chi connectivity index (χ3v) is 8.28. The van der Waals surface area contributed by atoms with Crippen LogP contribution >= 0.6 is 0 Å². The number of amides is 3. The number of nitrogens with two attached hydrogens (primary N) is 1. The van der Waals surface area contributed by atoms with Crippen LogP contribution in [0.3, 0.4) is 0 Å². The van der Waals surface area contributed by atoms with Crippen molar-refractivity contribution in [2.75, 3.05) is 0 Å². The van der Waals surface area contributed by atoms with Gasteiger partial charge in [-0.1, -0.05) is 60.7 Å². The van der Waals surface area contributed by atoms with E-state index in [4.69, 9.17) is 10.5 Å². The molecule has 3 amide bonds. The summed E-state index contributed by atoms with van der Waals surface area (Å²) in [5, 5.41) is 9.11. The zero-order valence-electron chi connectivity index (χ0n) is 26.6. The monoisotopic (exact) mass is 592 g/mol. The zero-order chi connectivity index (χ0) is 31.4. The van der Waals surface area contributed by atoms with Gasteiger partial charge in [0.15, 0.2) is 0 Å². The normalized spacial score (nSPS) is 23.4. The van der Waals surface area contributed by atoms with Gasteiger partial charge in [-0.3, -0.25) is 9.59 Å². The fourth-order valence-corrected chi connectivity index (χ4v) is 5.67. The molecule has 0 unspecified atom stereocenters. The first kappa shape index (κ1) is 34.1. The van der Waals surface area contributed by atoms with E-state index in [-0.39, 0.29) is 47.9 Å². The van der Waals surface area contributed by atoms with Gasteiger partial charge in [0.25, 0.3) is 0 Å². The summed E-state index contributed by atoms with van der Waals surface area (Å²) in [5.41, 5.74) is 7.63. The second-order valence-corrected chi connectivity index (χ2v) is 13.1. The molecular weight excluding hydrogens is 540 g/mol. The second kappa shape index (κ2) is 16.5. The molecule has 43 heavy (non-hydrogen) atoms. The maximum Gasteiger partial charge on any atom is 0.407 e. The zero-order valence-corrected chi connectivity index (χ0v) is 26.6. The standard InChI is InChI=1S/C20H30N2O3.C15H22N2O/c1-14(15-8-6-5-7-9-15)21-18(23)16-10-12-17(13-11-16)22-19(24)25-20(2,3)4;1-11(12-5-3-2-4-6-12)17-15(18)13-7-9-14(16)10-8-13/h5-9,14,16-17H,10-13H2,1-4H3,(H,21,23)(H,22,24);2-6,11,13-14H,7-10,16H2,1H3,(H,17,18)/t14-,16?,17?;11-,13?,14?/m11/s1. The summed E-state index contributed by atoms with van der Waals surface area (Å²) >= 11 is 0. The molecule has 2 fully saturated rings. The molecule has 0 radical (unpaired) electrons. The maximum atomic E-state index is 12.5.